The monoisotopic (exact) mass is 354 g/mol. The van der Waals surface area contributed by atoms with Gasteiger partial charge < -0.3 is 0 Å². The minimum atomic E-state index is 0.436. The SMILES string of the molecule is c1cc2c3c(cccc3c1)C(c1ccc3ccc4cccc5ccc1c3c45)C2. The van der Waals surface area contributed by atoms with Crippen LogP contribution in [0.1, 0.15) is 22.6 Å². The van der Waals surface area contributed by atoms with Crippen molar-refractivity contribution in [3.63, 3.8) is 0 Å². The van der Waals surface area contributed by atoms with Gasteiger partial charge in [0.15, 0.2) is 0 Å². The summed E-state index contributed by atoms with van der Waals surface area (Å²) in [6.45, 7) is 0. The summed E-state index contributed by atoms with van der Waals surface area (Å²) >= 11 is 0. The first-order valence-electron chi connectivity index (χ1n) is 10.1. The molecule has 1 atom stereocenters. The predicted octanol–water partition coefficient (Wildman–Crippen LogP) is 7.43. The van der Waals surface area contributed by atoms with Crippen LogP contribution >= 0.6 is 0 Å². The second kappa shape index (κ2) is 5.11. The van der Waals surface area contributed by atoms with Gasteiger partial charge in [0.05, 0.1) is 0 Å². The van der Waals surface area contributed by atoms with Crippen LogP contribution in [0.2, 0.25) is 0 Å². The van der Waals surface area contributed by atoms with Crippen molar-refractivity contribution in [1.29, 1.82) is 0 Å². The maximum absolute atomic E-state index is 2.37. The topological polar surface area (TPSA) is 0 Å². The maximum atomic E-state index is 2.37. The predicted molar refractivity (Wildman–Crippen MR) is 120 cm³/mol. The Morgan fingerprint density at radius 3 is 1.89 bits per heavy atom. The molecule has 0 bridgehead atoms. The second-order valence-electron chi connectivity index (χ2n) is 8.13. The van der Waals surface area contributed by atoms with E-state index in [1.807, 2.05) is 0 Å². The summed E-state index contributed by atoms with van der Waals surface area (Å²) in [6, 6.07) is 34.1. The molecule has 0 aromatic heterocycles. The highest BCUT2D eigenvalue weighted by Gasteiger charge is 2.27. The van der Waals surface area contributed by atoms with Crippen molar-refractivity contribution in [3.05, 3.63) is 108 Å². The molecule has 1 unspecified atom stereocenters. The molecule has 130 valence electrons. The quantitative estimate of drug-likeness (QED) is 0.269. The molecule has 0 aliphatic heterocycles. The fourth-order valence-electron chi connectivity index (χ4n) is 5.58. The Bertz CT molecular complexity index is 1520. The summed E-state index contributed by atoms with van der Waals surface area (Å²) in [4.78, 5) is 0. The Labute approximate surface area is 163 Å². The molecule has 1 aliphatic rings. The number of hydrogen-bond acceptors (Lipinski definition) is 0. The van der Waals surface area contributed by atoms with Crippen molar-refractivity contribution in [2.75, 3.05) is 0 Å². The molecule has 0 radical (unpaired) electrons. The van der Waals surface area contributed by atoms with Crippen LogP contribution in [0.3, 0.4) is 0 Å². The molecule has 0 saturated carbocycles. The minimum Gasteiger partial charge on any atom is -0.0614 e. The molecule has 0 fully saturated rings. The summed E-state index contributed by atoms with van der Waals surface area (Å²) in [5, 5.41) is 11.1. The second-order valence-corrected chi connectivity index (χ2v) is 8.13. The van der Waals surface area contributed by atoms with Gasteiger partial charge in [-0.3, -0.25) is 0 Å². The van der Waals surface area contributed by atoms with Crippen LogP contribution in [0, 0.1) is 0 Å². The average molecular weight is 354 g/mol. The zero-order chi connectivity index (χ0) is 18.2. The van der Waals surface area contributed by atoms with Gasteiger partial charge in [0.25, 0.3) is 0 Å². The average Bonchev–Trinajstić information content (AvgIpc) is 3.13. The first kappa shape index (κ1) is 14.6. The summed E-state index contributed by atoms with van der Waals surface area (Å²) in [5.41, 5.74) is 4.45. The third kappa shape index (κ3) is 1.75. The van der Waals surface area contributed by atoms with Gasteiger partial charge in [0.2, 0.25) is 0 Å². The van der Waals surface area contributed by atoms with Gasteiger partial charge in [-0.15, -0.1) is 0 Å². The third-order valence-corrected chi connectivity index (χ3v) is 6.76. The van der Waals surface area contributed by atoms with Crippen LogP contribution in [0.25, 0.3) is 43.1 Å². The van der Waals surface area contributed by atoms with Crippen molar-refractivity contribution in [2.45, 2.75) is 12.3 Å². The number of rotatable bonds is 1. The molecule has 0 saturated heterocycles. The van der Waals surface area contributed by atoms with Crippen molar-refractivity contribution in [3.8, 4) is 0 Å². The van der Waals surface area contributed by atoms with E-state index in [1.54, 1.807) is 0 Å². The van der Waals surface area contributed by atoms with Crippen molar-refractivity contribution < 1.29 is 0 Å². The Morgan fingerprint density at radius 1 is 0.464 bits per heavy atom. The number of hydrogen-bond donors (Lipinski definition) is 0. The molecule has 0 heteroatoms. The van der Waals surface area contributed by atoms with E-state index in [9.17, 15) is 0 Å². The van der Waals surface area contributed by atoms with Crippen molar-refractivity contribution >= 4 is 43.1 Å². The zero-order valence-corrected chi connectivity index (χ0v) is 15.4. The van der Waals surface area contributed by atoms with Crippen LogP contribution in [0.5, 0.6) is 0 Å². The summed E-state index contributed by atoms with van der Waals surface area (Å²) in [5.74, 6) is 0.436. The van der Waals surface area contributed by atoms with Crippen LogP contribution in [-0.2, 0) is 6.42 Å². The lowest BCUT2D eigenvalue weighted by molar-refractivity contribution is 0.856. The number of benzene rings is 6. The van der Waals surface area contributed by atoms with Crippen LogP contribution in [0.4, 0.5) is 0 Å². The molecule has 0 amide bonds. The van der Waals surface area contributed by atoms with Gasteiger partial charge in [0.1, 0.15) is 0 Å². The van der Waals surface area contributed by atoms with Crippen LogP contribution in [0.15, 0.2) is 91.0 Å². The molecular weight excluding hydrogens is 336 g/mol. The van der Waals surface area contributed by atoms with E-state index in [1.165, 1.54) is 59.8 Å². The highest BCUT2D eigenvalue weighted by molar-refractivity contribution is 6.23. The maximum Gasteiger partial charge on any atom is 0.0142 e. The summed E-state index contributed by atoms with van der Waals surface area (Å²) in [6.07, 6.45) is 1.10. The lowest BCUT2D eigenvalue weighted by atomic mass is 9.85. The zero-order valence-electron chi connectivity index (χ0n) is 15.4. The molecule has 0 nitrogen and oxygen atoms in total. The van der Waals surface area contributed by atoms with E-state index >= 15 is 0 Å². The fraction of sp³-hybridized carbons (Fsp3) is 0.0714. The lowest BCUT2D eigenvalue weighted by Crippen LogP contribution is -2.00. The van der Waals surface area contributed by atoms with E-state index in [2.05, 4.69) is 91.0 Å². The van der Waals surface area contributed by atoms with Gasteiger partial charge in [-0.05, 0) is 66.2 Å². The first-order chi connectivity index (χ1) is 13.9. The third-order valence-electron chi connectivity index (χ3n) is 6.76. The molecule has 6 aromatic rings. The minimum absolute atomic E-state index is 0.436. The Morgan fingerprint density at radius 2 is 1.07 bits per heavy atom. The van der Waals surface area contributed by atoms with Crippen LogP contribution < -0.4 is 0 Å². The molecule has 1 aliphatic carbocycles. The van der Waals surface area contributed by atoms with Gasteiger partial charge in [0, 0.05) is 5.92 Å². The summed E-state index contributed by atoms with van der Waals surface area (Å²) in [7, 11) is 0. The Kier molecular flexibility index (Phi) is 2.67. The molecule has 28 heavy (non-hydrogen) atoms. The van der Waals surface area contributed by atoms with Gasteiger partial charge >= 0.3 is 0 Å². The van der Waals surface area contributed by atoms with E-state index in [0.717, 1.165) is 6.42 Å². The highest BCUT2D eigenvalue weighted by atomic mass is 14.3. The standard InChI is InChI=1S/C28H18/c1-5-18-10-11-20-12-14-22(24-15-13-19(6-1)27(18)28(20)24)25-16-21-8-2-4-17-7-3-9-23(25)26(17)21/h1-15,25H,16H2. The largest absolute Gasteiger partial charge is 0.0614 e. The normalized spacial score (nSPS) is 16.1. The molecule has 7 rings (SSSR count). The molecule has 0 N–H and O–H groups in total. The van der Waals surface area contributed by atoms with Gasteiger partial charge in [-0.1, -0.05) is 91.0 Å². The Hall–Kier alpha value is -3.38. The van der Waals surface area contributed by atoms with Crippen LogP contribution in [-0.4, -0.2) is 0 Å². The van der Waals surface area contributed by atoms with E-state index < -0.39 is 0 Å². The first-order valence-corrected chi connectivity index (χ1v) is 10.1. The highest BCUT2D eigenvalue weighted by Crippen LogP contribution is 2.45. The van der Waals surface area contributed by atoms with E-state index in [4.69, 9.17) is 0 Å². The van der Waals surface area contributed by atoms with E-state index in [0.29, 0.717) is 5.92 Å². The van der Waals surface area contributed by atoms with Gasteiger partial charge in [-0.25, -0.2) is 0 Å². The molecule has 6 aromatic carbocycles. The fourth-order valence-corrected chi connectivity index (χ4v) is 5.58. The lowest BCUT2D eigenvalue weighted by Gasteiger charge is -2.18. The molecule has 0 heterocycles. The van der Waals surface area contributed by atoms with Crippen molar-refractivity contribution in [1.82, 2.24) is 0 Å². The van der Waals surface area contributed by atoms with Crippen molar-refractivity contribution in [2.24, 2.45) is 0 Å². The van der Waals surface area contributed by atoms with Gasteiger partial charge in [-0.2, -0.15) is 0 Å². The molecular formula is C28H18. The summed E-state index contributed by atoms with van der Waals surface area (Å²) < 4.78 is 0. The smallest absolute Gasteiger partial charge is 0.0142 e. The molecule has 0 spiro atoms. The Balaban J connectivity index is 1.58. The van der Waals surface area contributed by atoms with E-state index in [-0.39, 0.29) is 0 Å².